The number of pyridine rings is 1. The van der Waals surface area contributed by atoms with Crippen LogP contribution in [0.15, 0.2) is 35.6 Å². The number of aliphatic hydroxyl groups is 1. The van der Waals surface area contributed by atoms with Gasteiger partial charge in [0.1, 0.15) is 4.60 Å². The Morgan fingerprint density at radius 2 is 2.38 bits per heavy atom. The molecule has 1 aromatic heterocycles. The normalized spacial score (nSPS) is 9.88. The molecule has 1 N–H and O–H groups in total. The van der Waals surface area contributed by atoms with E-state index in [4.69, 9.17) is 5.11 Å². The van der Waals surface area contributed by atoms with E-state index in [0.717, 1.165) is 0 Å². The van der Waals surface area contributed by atoms with Crippen molar-refractivity contribution in [2.75, 3.05) is 19.7 Å². The average Bonchev–Trinajstić information content (AvgIpc) is 2.29. The highest BCUT2D eigenvalue weighted by Gasteiger charge is 2.13. The van der Waals surface area contributed by atoms with Gasteiger partial charge < -0.3 is 10.0 Å². The molecule has 1 rings (SSSR count). The second kappa shape index (κ2) is 6.40. The molecule has 0 bridgehead atoms. The Bertz CT molecular complexity index is 365. The standard InChI is InChI=1S/C11H13BrN2O2/c1-2-5-14(6-7-15)11(16)9-3-4-10(12)13-8-9/h2-4,8,15H,1,5-7H2. The molecule has 0 spiro atoms. The van der Waals surface area contributed by atoms with Crippen LogP contribution >= 0.6 is 15.9 Å². The highest BCUT2D eigenvalue weighted by Crippen LogP contribution is 2.08. The van der Waals surface area contributed by atoms with E-state index in [-0.39, 0.29) is 12.5 Å². The Balaban J connectivity index is 2.80. The van der Waals surface area contributed by atoms with Crippen LogP contribution in [0.1, 0.15) is 10.4 Å². The monoisotopic (exact) mass is 284 g/mol. The zero-order valence-corrected chi connectivity index (χ0v) is 10.4. The van der Waals surface area contributed by atoms with Gasteiger partial charge in [0.2, 0.25) is 0 Å². The number of carbonyl (C=O) groups is 1. The molecule has 16 heavy (non-hydrogen) atoms. The Morgan fingerprint density at radius 3 is 2.88 bits per heavy atom. The summed E-state index contributed by atoms with van der Waals surface area (Å²) in [5, 5.41) is 8.85. The van der Waals surface area contributed by atoms with Gasteiger partial charge in [-0.1, -0.05) is 6.08 Å². The summed E-state index contributed by atoms with van der Waals surface area (Å²) >= 11 is 3.20. The minimum atomic E-state index is -0.158. The summed E-state index contributed by atoms with van der Waals surface area (Å²) < 4.78 is 0.682. The minimum Gasteiger partial charge on any atom is -0.395 e. The molecule has 0 radical (unpaired) electrons. The van der Waals surface area contributed by atoms with Crippen molar-refractivity contribution in [3.05, 3.63) is 41.2 Å². The van der Waals surface area contributed by atoms with E-state index in [2.05, 4.69) is 27.5 Å². The lowest BCUT2D eigenvalue weighted by Crippen LogP contribution is -2.33. The van der Waals surface area contributed by atoms with E-state index >= 15 is 0 Å². The van der Waals surface area contributed by atoms with Crippen molar-refractivity contribution in [2.24, 2.45) is 0 Å². The van der Waals surface area contributed by atoms with Crippen molar-refractivity contribution >= 4 is 21.8 Å². The van der Waals surface area contributed by atoms with Crippen LogP contribution in [0.4, 0.5) is 0 Å². The van der Waals surface area contributed by atoms with Crippen molar-refractivity contribution in [2.45, 2.75) is 0 Å². The third-order valence-corrected chi connectivity index (χ3v) is 2.45. The molecule has 0 atom stereocenters. The maximum atomic E-state index is 11.9. The maximum absolute atomic E-state index is 11.9. The summed E-state index contributed by atoms with van der Waals surface area (Å²) in [5.74, 6) is -0.158. The largest absolute Gasteiger partial charge is 0.395 e. The highest BCUT2D eigenvalue weighted by atomic mass is 79.9. The smallest absolute Gasteiger partial charge is 0.255 e. The van der Waals surface area contributed by atoms with Gasteiger partial charge in [-0.25, -0.2) is 4.98 Å². The van der Waals surface area contributed by atoms with E-state index in [1.807, 2.05) is 0 Å². The van der Waals surface area contributed by atoms with E-state index in [1.165, 1.54) is 11.1 Å². The first-order valence-corrected chi connectivity index (χ1v) is 5.61. The first-order chi connectivity index (χ1) is 7.69. The second-order valence-corrected chi connectivity index (χ2v) is 3.95. The Morgan fingerprint density at radius 1 is 1.62 bits per heavy atom. The lowest BCUT2D eigenvalue weighted by Gasteiger charge is -2.19. The fraction of sp³-hybridized carbons (Fsp3) is 0.273. The van der Waals surface area contributed by atoms with Crippen LogP contribution in [0, 0.1) is 0 Å². The number of rotatable bonds is 5. The van der Waals surface area contributed by atoms with Crippen LogP contribution in [-0.4, -0.2) is 40.6 Å². The molecule has 0 fully saturated rings. The van der Waals surface area contributed by atoms with Gasteiger partial charge in [-0.2, -0.15) is 0 Å². The summed E-state index contributed by atoms with van der Waals surface area (Å²) in [6.45, 7) is 4.21. The zero-order valence-electron chi connectivity index (χ0n) is 8.77. The van der Waals surface area contributed by atoms with Gasteiger partial charge in [0, 0.05) is 19.3 Å². The van der Waals surface area contributed by atoms with E-state index < -0.39 is 0 Å². The van der Waals surface area contributed by atoms with Gasteiger partial charge in [-0.05, 0) is 28.1 Å². The Hall–Kier alpha value is -1.20. The molecule has 4 nitrogen and oxygen atoms in total. The summed E-state index contributed by atoms with van der Waals surface area (Å²) in [6.07, 6.45) is 3.12. The van der Waals surface area contributed by atoms with Crippen LogP contribution in [0.5, 0.6) is 0 Å². The molecule has 0 aromatic carbocycles. The molecular formula is C11H13BrN2O2. The molecule has 0 saturated carbocycles. The number of hydrogen-bond acceptors (Lipinski definition) is 3. The SMILES string of the molecule is C=CCN(CCO)C(=O)c1ccc(Br)nc1. The predicted molar refractivity (Wildman–Crippen MR) is 65.1 cm³/mol. The van der Waals surface area contributed by atoms with Crippen LogP contribution in [0.25, 0.3) is 0 Å². The lowest BCUT2D eigenvalue weighted by atomic mass is 10.2. The van der Waals surface area contributed by atoms with Crippen LogP contribution < -0.4 is 0 Å². The summed E-state index contributed by atoms with van der Waals surface area (Å²) in [5.41, 5.74) is 0.499. The number of hydrogen-bond donors (Lipinski definition) is 1. The number of nitrogens with zero attached hydrogens (tertiary/aromatic N) is 2. The first kappa shape index (κ1) is 12.9. The summed E-state index contributed by atoms with van der Waals surface area (Å²) in [4.78, 5) is 17.4. The summed E-state index contributed by atoms with van der Waals surface area (Å²) in [7, 11) is 0. The molecule has 1 amide bonds. The van der Waals surface area contributed by atoms with E-state index in [9.17, 15) is 4.79 Å². The van der Waals surface area contributed by atoms with E-state index in [0.29, 0.717) is 23.3 Å². The average molecular weight is 285 g/mol. The first-order valence-electron chi connectivity index (χ1n) is 4.81. The van der Waals surface area contributed by atoms with Gasteiger partial charge >= 0.3 is 0 Å². The highest BCUT2D eigenvalue weighted by molar-refractivity contribution is 9.10. The van der Waals surface area contributed by atoms with Crippen molar-refractivity contribution in [1.82, 2.24) is 9.88 Å². The lowest BCUT2D eigenvalue weighted by molar-refractivity contribution is 0.0742. The van der Waals surface area contributed by atoms with Crippen molar-refractivity contribution in [1.29, 1.82) is 0 Å². The fourth-order valence-corrected chi connectivity index (χ4v) is 1.47. The molecule has 0 saturated heterocycles. The molecule has 0 aliphatic heterocycles. The van der Waals surface area contributed by atoms with Gasteiger partial charge in [-0.3, -0.25) is 4.79 Å². The number of amides is 1. The number of carbonyl (C=O) groups excluding carboxylic acids is 1. The third kappa shape index (κ3) is 3.43. The Kier molecular flexibility index (Phi) is 5.14. The minimum absolute atomic E-state index is 0.0659. The molecule has 0 aliphatic rings. The fourth-order valence-electron chi connectivity index (χ4n) is 1.24. The van der Waals surface area contributed by atoms with E-state index in [1.54, 1.807) is 18.2 Å². The van der Waals surface area contributed by atoms with Crippen LogP contribution in [0.2, 0.25) is 0 Å². The summed E-state index contributed by atoms with van der Waals surface area (Å²) in [6, 6.07) is 3.39. The molecule has 1 heterocycles. The second-order valence-electron chi connectivity index (χ2n) is 3.13. The number of aliphatic hydroxyl groups excluding tert-OH is 1. The zero-order chi connectivity index (χ0) is 12.0. The Labute approximate surface area is 103 Å². The van der Waals surface area contributed by atoms with Crippen molar-refractivity contribution in [3.63, 3.8) is 0 Å². The van der Waals surface area contributed by atoms with Gasteiger partial charge in [0.15, 0.2) is 0 Å². The molecule has 86 valence electrons. The molecule has 1 aromatic rings. The molecule has 0 unspecified atom stereocenters. The molecule has 0 aliphatic carbocycles. The van der Waals surface area contributed by atoms with Gasteiger partial charge in [-0.15, -0.1) is 6.58 Å². The van der Waals surface area contributed by atoms with Gasteiger partial charge in [0.05, 0.1) is 12.2 Å². The van der Waals surface area contributed by atoms with Crippen LogP contribution in [-0.2, 0) is 0 Å². The van der Waals surface area contributed by atoms with Crippen molar-refractivity contribution < 1.29 is 9.90 Å². The quantitative estimate of drug-likeness (QED) is 0.658. The number of aromatic nitrogens is 1. The number of halogens is 1. The third-order valence-electron chi connectivity index (χ3n) is 1.98. The topological polar surface area (TPSA) is 53.4 Å². The maximum Gasteiger partial charge on any atom is 0.255 e. The van der Waals surface area contributed by atoms with Crippen molar-refractivity contribution in [3.8, 4) is 0 Å². The molecular weight excluding hydrogens is 272 g/mol. The predicted octanol–water partition coefficient (Wildman–Crippen LogP) is 1.46. The molecule has 5 heteroatoms. The van der Waals surface area contributed by atoms with Crippen LogP contribution in [0.3, 0.4) is 0 Å². The van der Waals surface area contributed by atoms with Gasteiger partial charge in [0.25, 0.3) is 5.91 Å².